The van der Waals surface area contributed by atoms with Gasteiger partial charge >= 0.3 is 0 Å². The van der Waals surface area contributed by atoms with Gasteiger partial charge in [0.15, 0.2) is 0 Å². The Balaban J connectivity index is 4.24. The minimum Gasteiger partial charge on any atom is -0.231 e. The Morgan fingerprint density at radius 1 is 0.417 bits per heavy atom. The summed E-state index contributed by atoms with van der Waals surface area (Å²) in [4.78, 5) is 8.97. The molecule has 1 rings (SSSR count). The Hall–Kier alpha value is 0.970. The van der Waals surface area contributed by atoms with Crippen LogP contribution in [0.1, 0.15) is 25.3 Å². The average Bonchev–Trinajstić information content (AvgIpc) is 2.42. The molecule has 0 radical (unpaired) electrons. The molecule has 5 heteroatoms. The molecule has 0 atom stereocenters. The van der Waals surface area contributed by atoms with Gasteiger partial charge < -0.3 is 0 Å². The molecule has 148 valence electrons. The summed E-state index contributed by atoms with van der Waals surface area (Å²) >= 11 is 0. The molecule has 0 saturated carbocycles. The molecule has 0 N–H and O–H groups in total. The highest BCUT2D eigenvalue weighted by Crippen LogP contribution is 2.61. The van der Waals surface area contributed by atoms with Gasteiger partial charge in [-0.05, 0) is 74.0 Å². The van der Waals surface area contributed by atoms with Crippen molar-refractivity contribution in [2.45, 2.75) is 44.2 Å². The van der Waals surface area contributed by atoms with Crippen molar-refractivity contribution in [3.05, 3.63) is 5.56 Å². The second kappa shape index (κ2) is 9.25. The van der Waals surface area contributed by atoms with Crippen molar-refractivity contribution in [1.82, 2.24) is 0 Å². The molecule has 0 aliphatic heterocycles. The van der Waals surface area contributed by atoms with Crippen LogP contribution in [0, 0.1) is 0 Å². The van der Waals surface area contributed by atoms with Gasteiger partial charge in [-0.15, -0.1) is 0 Å². The molecule has 0 aliphatic rings. The van der Waals surface area contributed by atoms with Gasteiger partial charge in [-0.1, -0.05) is 13.8 Å². The minimum atomic E-state index is -0.0715. The van der Waals surface area contributed by atoms with E-state index in [1.165, 1.54) is 0 Å². The van der Waals surface area contributed by atoms with Crippen molar-refractivity contribution >= 4 is 54.5 Å². The SMILES string of the molecule is CC(C)c1c([SH](C)C)c([SH](C)C)c([SH](C)C)c([SH](C)C)c1[SH](C)C. The molecule has 1 aromatic rings. The summed E-state index contributed by atoms with van der Waals surface area (Å²) in [5.41, 5.74) is 1.75. The van der Waals surface area contributed by atoms with Gasteiger partial charge in [-0.25, -0.2) is 54.5 Å². The van der Waals surface area contributed by atoms with Crippen LogP contribution in [0.15, 0.2) is 24.5 Å². The first-order valence-corrected chi connectivity index (χ1v) is 19.7. The second-order valence-corrected chi connectivity index (χ2v) is 19.0. The molecule has 0 aromatic heterocycles. The third-order valence-electron chi connectivity index (χ3n) is 4.22. The molecule has 0 bridgehead atoms. The zero-order valence-corrected chi connectivity index (χ0v) is 22.3. The third kappa shape index (κ3) is 4.62. The van der Waals surface area contributed by atoms with E-state index in [-0.39, 0.29) is 54.5 Å². The van der Waals surface area contributed by atoms with Gasteiger partial charge in [0.05, 0.1) is 0 Å². The van der Waals surface area contributed by atoms with Crippen LogP contribution in [-0.4, -0.2) is 62.6 Å². The van der Waals surface area contributed by atoms with Crippen molar-refractivity contribution in [3.63, 3.8) is 0 Å². The van der Waals surface area contributed by atoms with E-state index in [1.54, 1.807) is 30.0 Å². The lowest BCUT2D eigenvalue weighted by Crippen LogP contribution is -2.08. The van der Waals surface area contributed by atoms with Crippen LogP contribution in [-0.2, 0) is 0 Å². The van der Waals surface area contributed by atoms with Crippen molar-refractivity contribution in [3.8, 4) is 0 Å². The van der Waals surface area contributed by atoms with Crippen molar-refractivity contribution in [2.24, 2.45) is 0 Å². The molecule has 0 fully saturated rings. The first-order valence-electron chi connectivity index (χ1n) is 8.53. The van der Waals surface area contributed by atoms with E-state index >= 15 is 0 Å². The van der Waals surface area contributed by atoms with Crippen molar-refractivity contribution in [1.29, 1.82) is 0 Å². The van der Waals surface area contributed by atoms with Crippen LogP contribution in [0.3, 0.4) is 0 Å². The zero-order valence-electron chi connectivity index (χ0n) is 17.8. The number of benzene rings is 1. The lowest BCUT2D eigenvalue weighted by molar-refractivity contribution is 0.762. The Kier molecular flexibility index (Phi) is 8.87. The summed E-state index contributed by atoms with van der Waals surface area (Å²) in [5, 5.41) is 0. The van der Waals surface area contributed by atoms with Crippen LogP contribution in [0.5, 0.6) is 0 Å². The van der Waals surface area contributed by atoms with Crippen LogP contribution >= 0.6 is 54.5 Å². The normalized spacial score (nSPS) is 14.6. The zero-order chi connectivity index (χ0) is 18.9. The standard InChI is InChI=1S/C19H42S5/c1-13(2)14-15(20(3)4)17(22(7)8)19(24(11)12)18(23(9)10)16(14)21(5)6/h13,20-24H,1-12H3. The van der Waals surface area contributed by atoms with E-state index < -0.39 is 0 Å². The lowest BCUT2D eigenvalue weighted by atomic mass is 10.0. The molecule has 0 spiro atoms. The fourth-order valence-electron chi connectivity index (χ4n) is 3.43. The highest BCUT2D eigenvalue weighted by molar-refractivity contribution is 8.21. The van der Waals surface area contributed by atoms with Gasteiger partial charge in [0.1, 0.15) is 0 Å². The Labute approximate surface area is 166 Å². The van der Waals surface area contributed by atoms with Gasteiger partial charge in [-0.2, -0.15) is 0 Å². The molecule has 0 unspecified atom stereocenters. The number of rotatable bonds is 6. The Morgan fingerprint density at radius 2 is 0.625 bits per heavy atom. The first-order chi connectivity index (χ1) is 10.9. The largest absolute Gasteiger partial charge is 0.231 e. The van der Waals surface area contributed by atoms with Crippen LogP contribution in [0.25, 0.3) is 0 Å². The van der Waals surface area contributed by atoms with Gasteiger partial charge in [0, 0.05) is 24.5 Å². The van der Waals surface area contributed by atoms with Crippen molar-refractivity contribution in [2.75, 3.05) is 62.6 Å². The molecular weight excluding hydrogens is 389 g/mol. The van der Waals surface area contributed by atoms with Crippen LogP contribution in [0.4, 0.5) is 0 Å². The van der Waals surface area contributed by atoms with Crippen LogP contribution in [0.2, 0.25) is 0 Å². The van der Waals surface area contributed by atoms with E-state index in [4.69, 9.17) is 0 Å². The molecule has 1 aromatic carbocycles. The third-order valence-corrected chi connectivity index (χ3v) is 11.7. The average molecular weight is 431 g/mol. The van der Waals surface area contributed by atoms with E-state index in [0.717, 1.165) is 0 Å². The fraction of sp³-hybridized carbons (Fsp3) is 0.684. The summed E-state index contributed by atoms with van der Waals surface area (Å²) in [7, 11) is -0.337. The molecule has 0 amide bonds. The number of thiol groups is 5. The van der Waals surface area contributed by atoms with Crippen molar-refractivity contribution < 1.29 is 0 Å². The summed E-state index contributed by atoms with van der Waals surface area (Å²) in [5.74, 6) is 0.640. The minimum absolute atomic E-state index is 0.0625. The molecule has 0 aliphatic carbocycles. The monoisotopic (exact) mass is 430 g/mol. The van der Waals surface area contributed by atoms with Gasteiger partial charge in [-0.3, -0.25) is 0 Å². The summed E-state index contributed by atoms with van der Waals surface area (Å²) < 4.78 is 0. The highest BCUT2D eigenvalue weighted by atomic mass is 32.2. The Morgan fingerprint density at radius 3 is 0.792 bits per heavy atom. The number of hydrogen-bond acceptors (Lipinski definition) is 0. The maximum Gasteiger partial charge on any atom is 0.0130 e. The summed E-state index contributed by atoms with van der Waals surface area (Å²) in [6.07, 6.45) is 24.8. The van der Waals surface area contributed by atoms with Gasteiger partial charge in [0.2, 0.25) is 0 Å². The van der Waals surface area contributed by atoms with E-state index in [9.17, 15) is 0 Å². The maximum absolute atomic E-state index is 2.49. The van der Waals surface area contributed by atoms with E-state index in [2.05, 4.69) is 76.4 Å². The summed E-state index contributed by atoms with van der Waals surface area (Å²) in [6.45, 7) is 4.85. The molecule has 0 saturated heterocycles. The van der Waals surface area contributed by atoms with E-state index in [1.807, 2.05) is 0 Å². The Bertz CT molecular complexity index is 420. The topological polar surface area (TPSA) is 0 Å². The molecule has 0 heterocycles. The maximum atomic E-state index is 2.49. The molecule has 0 nitrogen and oxygen atoms in total. The predicted molar refractivity (Wildman–Crippen MR) is 136 cm³/mol. The number of hydrogen-bond donors (Lipinski definition) is 5. The highest BCUT2D eigenvalue weighted by Gasteiger charge is 2.28. The molecule has 24 heavy (non-hydrogen) atoms. The fourth-order valence-corrected chi connectivity index (χ4v) is 14.6. The van der Waals surface area contributed by atoms with Gasteiger partial charge in [0.25, 0.3) is 0 Å². The van der Waals surface area contributed by atoms with E-state index in [0.29, 0.717) is 5.92 Å². The lowest BCUT2D eigenvalue weighted by Gasteiger charge is -2.38. The first kappa shape index (κ1) is 23.0. The van der Waals surface area contributed by atoms with Crippen LogP contribution < -0.4 is 0 Å². The summed E-state index contributed by atoms with van der Waals surface area (Å²) in [6, 6.07) is 0. The quantitative estimate of drug-likeness (QED) is 0.341. The molecular formula is C19H42S5. The smallest absolute Gasteiger partial charge is 0.0130 e. The predicted octanol–water partition coefficient (Wildman–Crippen LogP) is 5.91. The second-order valence-electron chi connectivity index (χ2n) is 7.78.